The molecule has 24 heavy (non-hydrogen) atoms. The predicted octanol–water partition coefficient (Wildman–Crippen LogP) is 2.90. The third-order valence-electron chi connectivity index (χ3n) is 3.98. The van der Waals surface area contributed by atoms with E-state index in [2.05, 4.69) is 15.0 Å². The van der Waals surface area contributed by atoms with Crippen molar-refractivity contribution in [2.75, 3.05) is 12.0 Å². The number of hydrogen-bond acceptors (Lipinski definition) is 8. The Bertz CT molecular complexity index is 968. The van der Waals surface area contributed by atoms with Crippen LogP contribution < -0.4 is 5.73 Å². The molecule has 0 spiro atoms. The van der Waals surface area contributed by atoms with Gasteiger partial charge in [0.05, 0.1) is 0 Å². The molecule has 4 rings (SSSR count). The van der Waals surface area contributed by atoms with Crippen molar-refractivity contribution in [1.82, 2.24) is 15.0 Å². The number of thioether (sulfide) groups is 1. The molecule has 1 aliphatic carbocycles. The second-order valence-corrected chi connectivity index (χ2v) is 9.72. The van der Waals surface area contributed by atoms with Crippen molar-refractivity contribution in [3.8, 4) is 11.5 Å². The van der Waals surface area contributed by atoms with Crippen LogP contribution in [0.25, 0.3) is 21.3 Å². The molecule has 7 nitrogen and oxygen atoms in total. The monoisotopic (exact) mass is 427 g/mol. The Morgan fingerprint density at radius 3 is 2.83 bits per heavy atom. The minimum absolute atomic E-state index is 0.0260. The zero-order valence-electron chi connectivity index (χ0n) is 12.7. The van der Waals surface area contributed by atoms with Crippen molar-refractivity contribution < 1.29 is 4.92 Å². The maximum absolute atomic E-state index is 11.3. The van der Waals surface area contributed by atoms with Gasteiger partial charge in [0.25, 0.3) is 0 Å². The molecule has 0 bridgehead atoms. The van der Waals surface area contributed by atoms with Crippen LogP contribution in [0.15, 0.2) is 4.34 Å². The molecule has 0 unspecified atom stereocenters. The molecule has 2 N–H and O–H groups in total. The van der Waals surface area contributed by atoms with Gasteiger partial charge >= 0.3 is 152 Å². The van der Waals surface area contributed by atoms with Crippen molar-refractivity contribution in [2.24, 2.45) is 0 Å². The Morgan fingerprint density at radius 1 is 1.29 bits per heavy atom. The van der Waals surface area contributed by atoms with E-state index < -0.39 is 4.92 Å². The number of thiazole rings is 1. The molecule has 3 heterocycles. The Kier molecular flexibility index (Phi) is 4.07. The van der Waals surface area contributed by atoms with Crippen LogP contribution in [0.3, 0.4) is 0 Å². The summed E-state index contributed by atoms with van der Waals surface area (Å²) in [6.07, 6.45) is 6.36. The summed E-state index contributed by atoms with van der Waals surface area (Å²) in [5.74, 6) is 0.702. The van der Waals surface area contributed by atoms with Gasteiger partial charge in [-0.25, -0.2) is 0 Å². The number of nitrogens with zero attached hydrogens (tertiary/aromatic N) is 4. The van der Waals surface area contributed by atoms with Crippen molar-refractivity contribution in [3.63, 3.8) is 0 Å². The van der Waals surface area contributed by atoms with Gasteiger partial charge in [0.2, 0.25) is 0 Å². The second-order valence-electron chi connectivity index (χ2n) is 5.42. The molecule has 0 aliphatic heterocycles. The first kappa shape index (κ1) is 16.0. The Hall–Kier alpha value is -1.48. The third-order valence-corrected chi connectivity index (χ3v) is 8.46. The van der Waals surface area contributed by atoms with Crippen molar-refractivity contribution in [1.29, 1.82) is 0 Å². The summed E-state index contributed by atoms with van der Waals surface area (Å²) in [6.45, 7) is 0. The number of nitrogen functional groups attached to an aromatic ring is 1. The summed E-state index contributed by atoms with van der Waals surface area (Å²) in [7, 11) is 0. The summed E-state index contributed by atoms with van der Waals surface area (Å²) >= 11 is 2.56. The van der Waals surface area contributed by atoms with Gasteiger partial charge < -0.3 is 0 Å². The number of rotatable bonds is 3. The summed E-state index contributed by atoms with van der Waals surface area (Å²) < 4.78 is 3.03. The molecule has 0 radical (unpaired) electrons. The van der Waals surface area contributed by atoms with Gasteiger partial charge in [0.1, 0.15) is 0 Å². The molecule has 1 aliphatic rings. The van der Waals surface area contributed by atoms with E-state index in [-0.39, 0.29) is 31.0 Å². The van der Waals surface area contributed by atoms with Crippen LogP contribution in [0.4, 0.5) is 10.8 Å². The topological polar surface area (TPSA) is 108 Å². The molecule has 10 heteroatoms. The van der Waals surface area contributed by atoms with Crippen LogP contribution in [-0.2, 0) is 12.8 Å². The van der Waals surface area contributed by atoms with Crippen LogP contribution in [0.5, 0.6) is 0 Å². The molecule has 0 aromatic carbocycles. The molecule has 124 valence electrons. The first-order chi connectivity index (χ1) is 11.6. The second kappa shape index (κ2) is 6.11. The van der Waals surface area contributed by atoms with Gasteiger partial charge in [0, 0.05) is 0 Å². The maximum atomic E-state index is 11.3. The average molecular weight is 426 g/mol. The summed E-state index contributed by atoms with van der Waals surface area (Å²) in [5, 5.41) is 12.3. The van der Waals surface area contributed by atoms with Crippen LogP contribution in [0, 0.1) is 10.1 Å². The van der Waals surface area contributed by atoms with Crippen LogP contribution in [-0.4, -0.2) is 40.6 Å². The number of hydrogen-bond donors (Lipinski definition) is 1. The predicted molar refractivity (Wildman–Crippen MR) is 97.1 cm³/mol. The Balaban J connectivity index is 1.92. The molecule has 0 amide bonds. The molecule has 3 aromatic heterocycles. The number of fused-ring (bicyclic) bond motifs is 3. The molecule has 0 saturated heterocycles. The van der Waals surface area contributed by atoms with Gasteiger partial charge in [-0.3, -0.25) is 0 Å². The zero-order chi connectivity index (χ0) is 16.8. The average Bonchev–Trinajstić information content (AvgIpc) is 3.16. The number of aryl methyl sites for hydroxylation is 2. The number of anilines is 1. The van der Waals surface area contributed by atoms with E-state index in [4.69, 9.17) is 5.73 Å². The van der Waals surface area contributed by atoms with E-state index in [0.717, 1.165) is 34.0 Å². The fourth-order valence-corrected chi connectivity index (χ4v) is 6.97. The van der Waals surface area contributed by atoms with E-state index in [1.54, 1.807) is 0 Å². The molecular formula is C14H13N5O2S2Se. The normalized spacial score (nSPS) is 14.0. The van der Waals surface area contributed by atoms with Crippen molar-refractivity contribution in [2.45, 2.75) is 30.0 Å². The van der Waals surface area contributed by atoms with E-state index >= 15 is 0 Å². The molecule has 0 saturated carbocycles. The SMILES string of the molecule is CSc1nc(-c2nc(N)c3c4c([se]c3n2)CCCC4)c([N+](=O)[O-])s1. The van der Waals surface area contributed by atoms with Crippen molar-refractivity contribution in [3.05, 3.63) is 20.1 Å². The summed E-state index contributed by atoms with van der Waals surface area (Å²) in [5.41, 5.74) is 7.75. The van der Waals surface area contributed by atoms with E-state index in [1.165, 1.54) is 34.6 Å². The fourth-order valence-electron chi connectivity index (χ4n) is 2.94. The third kappa shape index (κ3) is 2.54. The van der Waals surface area contributed by atoms with E-state index in [9.17, 15) is 10.1 Å². The van der Waals surface area contributed by atoms with Crippen LogP contribution >= 0.6 is 23.1 Å². The molecule has 3 aromatic rings. The molecule has 0 fully saturated rings. The molecule has 0 atom stereocenters. The van der Waals surface area contributed by atoms with E-state index in [0.29, 0.717) is 10.2 Å². The number of nitro groups is 1. The standard InChI is InChI=1S/C14H13N5O2S2Se/c1-22-14-16-9(13(23-14)19(20)21)11-17-10(15)8-6-4-2-3-5-7(6)24-12(8)18-11/h2-5H2,1H3,(H2,15,17,18). The molecular weight excluding hydrogens is 413 g/mol. The first-order valence-electron chi connectivity index (χ1n) is 7.36. The summed E-state index contributed by atoms with van der Waals surface area (Å²) in [4.78, 5) is 24.2. The Morgan fingerprint density at radius 2 is 2.08 bits per heavy atom. The first-order valence-corrected chi connectivity index (χ1v) is 11.1. The Labute approximate surface area is 151 Å². The number of aromatic nitrogens is 3. The van der Waals surface area contributed by atoms with Crippen molar-refractivity contribution >= 4 is 58.2 Å². The summed E-state index contributed by atoms with van der Waals surface area (Å²) in [6, 6.07) is 0. The minimum atomic E-state index is -0.423. The number of nitrogens with two attached hydrogens (primary N) is 1. The zero-order valence-corrected chi connectivity index (χ0v) is 16.1. The van der Waals surface area contributed by atoms with Gasteiger partial charge in [-0.05, 0) is 0 Å². The fraction of sp³-hybridized carbons (Fsp3) is 0.357. The van der Waals surface area contributed by atoms with Crippen LogP contribution in [0.1, 0.15) is 22.8 Å². The van der Waals surface area contributed by atoms with Gasteiger partial charge in [-0.15, -0.1) is 0 Å². The van der Waals surface area contributed by atoms with Gasteiger partial charge in [-0.1, -0.05) is 0 Å². The van der Waals surface area contributed by atoms with Gasteiger partial charge in [0.15, 0.2) is 0 Å². The van der Waals surface area contributed by atoms with Crippen LogP contribution in [0.2, 0.25) is 0 Å². The van der Waals surface area contributed by atoms with Gasteiger partial charge in [-0.2, -0.15) is 0 Å². The van der Waals surface area contributed by atoms with E-state index in [1.807, 2.05) is 6.26 Å². The quantitative estimate of drug-likeness (QED) is 0.297.